The Morgan fingerprint density at radius 2 is 2.09 bits per heavy atom. The Bertz CT molecular complexity index is 1320. The molecule has 1 amide bonds. The van der Waals surface area contributed by atoms with Crippen molar-refractivity contribution in [1.82, 2.24) is 19.4 Å². The Morgan fingerprint density at radius 3 is 2.94 bits per heavy atom. The quantitative estimate of drug-likeness (QED) is 0.485. The molecule has 0 aliphatic carbocycles. The molecule has 0 unspecified atom stereocenters. The number of hydrogen-bond donors (Lipinski definition) is 2. The van der Waals surface area contributed by atoms with Gasteiger partial charge in [0, 0.05) is 42.5 Å². The summed E-state index contributed by atoms with van der Waals surface area (Å²) in [4.78, 5) is 23.7. The number of hydrogen-bond acceptors (Lipinski definition) is 6. The van der Waals surface area contributed by atoms with Crippen LogP contribution in [0.25, 0.3) is 10.9 Å². The van der Waals surface area contributed by atoms with E-state index in [-0.39, 0.29) is 12.6 Å². The van der Waals surface area contributed by atoms with Crippen LogP contribution in [0, 0.1) is 6.92 Å². The molecule has 2 aromatic carbocycles. The molecule has 1 aliphatic rings. The van der Waals surface area contributed by atoms with E-state index in [0.29, 0.717) is 24.7 Å². The number of aromatic nitrogens is 3. The Balaban J connectivity index is 1.35. The fourth-order valence-electron chi connectivity index (χ4n) is 4.18. The van der Waals surface area contributed by atoms with Gasteiger partial charge in [0.15, 0.2) is 0 Å². The van der Waals surface area contributed by atoms with Crippen molar-refractivity contribution in [3.63, 3.8) is 0 Å². The summed E-state index contributed by atoms with van der Waals surface area (Å²) < 4.78 is 7.72. The molecule has 1 aliphatic heterocycles. The van der Waals surface area contributed by atoms with Gasteiger partial charge in [-0.3, -0.25) is 9.47 Å². The van der Waals surface area contributed by atoms with Gasteiger partial charge in [-0.1, -0.05) is 12.1 Å². The van der Waals surface area contributed by atoms with Crippen LogP contribution in [0.4, 0.5) is 10.5 Å². The van der Waals surface area contributed by atoms with Crippen LogP contribution in [-0.2, 0) is 13.0 Å². The highest BCUT2D eigenvalue weighted by atomic mass is 16.5. The number of carbonyl (C=O) groups is 1. The number of ether oxygens (including phenoxy) is 1. The van der Waals surface area contributed by atoms with Gasteiger partial charge >= 0.3 is 6.03 Å². The molecular weight excluding hydrogens is 418 g/mol. The zero-order valence-electron chi connectivity index (χ0n) is 18.4. The summed E-state index contributed by atoms with van der Waals surface area (Å²) in [5.41, 5.74) is 4.56. The molecule has 0 saturated heterocycles. The van der Waals surface area contributed by atoms with Crippen LogP contribution in [0.3, 0.4) is 0 Å². The van der Waals surface area contributed by atoms with Crippen molar-refractivity contribution in [3.05, 3.63) is 77.9 Å². The van der Waals surface area contributed by atoms with Crippen LogP contribution in [0.5, 0.6) is 11.6 Å². The van der Waals surface area contributed by atoms with Crippen molar-refractivity contribution in [3.8, 4) is 11.6 Å². The van der Waals surface area contributed by atoms with Crippen LogP contribution in [0.2, 0.25) is 0 Å². The second-order valence-corrected chi connectivity index (χ2v) is 8.16. The minimum Gasteiger partial charge on any atom is -0.439 e. The number of β-amino-alcohol motifs (C(OH)–C–C–N with tert-alkyl or cyclic N) is 1. The molecule has 0 atom stereocenters. The van der Waals surface area contributed by atoms with Crippen LogP contribution < -0.4 is 10.1 Å². The highest BCUT2D eigenvalue weighted by molar-refractivity contribution is 5.98. The lowest BCUT2D eigenvalue weighted by Gasteiger charge is -2.27. The highest BCUT2D eigenvalue weighted by Gasteiger charge is 2.22. The predicted molar refractivity (Wildman–Crippen MR) is 126 cm³/mol. The summed E-state index contributed by atoms with van der Waals surface area (Å²) in [6.07, 6.45) is 4.03. The molecule has 8 heteroatoms. The van der Waals surface area contributed by atoms with E-state index in [9.17, 15) is 9.90 Å². The number of nitrogens with one attached hydrogen (secondary N) is 1. The van der Waals surface area contributed by atoms with Gasteiger partial charge in [0.1, 0.15) is 12.1 Å². The maximum atomic E-state index is 12.8. The van der Waals surface area contributed by atoms with E-state index < -0.39 is 0 Å². The fourth-order valence-corrected chi connectivity index (χ4v) is 4.18. The first-order valence-corrected chi connectivity index (χ1v) is 10.9. The topological polar surface area (TPSA) is 92.5 Å². The van der Waals surface area contributed by atoms with E-state index in [0.717, 1.165) is 46.4 Å². The Morgan fingerprint density at radius 1 is 1.18 bits per heavy atom. The van der Waals surface area contributed by atoms with Crippen molar-refractivity contribution in [2.24, 2.45) is 0 Å². The number of aryl methyl sites for hydroxylation is 1. The van der Waals surface area contributed by atoms with Gasteiger partial charge in [0.05, 0.1) is 17.8 Å². The monoisotopic (exact) mass is 443 g/mol. The molecular formula is C25H25N5O3. The van der Waals surface area contributed by atoms with Gasteiger partial charge < -0.3 is 15.2 Å². The number of carbonyl (C=O) groups excluding carboxylic acids is 1. The smallest absolute Gasteiger partial charge is 0.330 e. The average molecular weight is 444 g/mol. The number of aliphatic hydroxyl groups excluding tert-OH is 1. The lowest BCUT2D eigenvalue weighted by molar-refractivity contribution is 0.181. The van der Waals surface area contributed by atoms with Gasteiger partial charge in [-0.2, -0.15) is 0 Å². The number of aliphatic hydroxyl groups is 1. The molecule has 0 radical (unpaired) electrons. The summed E-state index contributed by atoms with van der Waals surface area (Å²) in [5.74, 6) is 1.21. The maximum absolute atomic E-state index is 12.8. The summed E-state index contributed by atoms with van der Waals surface area (Å²) in [6.45, 7) is 4.25. The van der Waals surface area contributed by atoms with Crippen LogP contribution >= 0.6 is 0 Å². The highest BCUT2D eigenvalue weighted by Crippen LogP contribution is 2.30. The minimum atomic E-state index is -0.221. The number of nitrogens with zero attached hydrogens (tertiary/aromatic N) is 4. The Labute approximate surface area is 191 Å². The number of rotatable bonds is 5. The van der Waals surface area contributed by atoms with Crippen molar-refractivity contribution in [2.45, 2.75) is 19.9 Å². The van der Waals surface area contributed by atoms with Gasteiger partial charge in [-0.05, 0) is 55.3 Å². The van der Waals surface area contributed by atoms with Crippen LogP contribution in [-0.4, -0.2) is 50.3 Å². The second-order valence-electron chi connectivity index (χ2n) is 8.16. The lowest BCUT2D eigenvalue weighted by atomic mass is 10.1. The average Bonchev–Trinajstić information content (AvgIpc) is 3.23. The van der Waals surface area contributed by atoms with Crippen LogP contribution in [0.1, 0.15) is 16.8 Å². The molecule has 2 N–H and O–H groups in total. The third-order valence-electron chi connectivity index (χ3n) is 5.83. The van der Waals surface area contributed by atoms with Crippen molar-refractivity contribution >= 4 is 22.6 Å². The first-order chi connectivity index (χ1) is 16.1. The summed E-state index contributed by atoms with van der Waals surface area (Å²) in [6, 6.07) is 15.0. The molecule has 0 fully saturated rings. The third-order valence-corrected chi connectivity index (χ3v) is 5.83. The molecule has 0 bridgehead atoms. The van der Waals surface area contributed by atoms with E-state index in [2.05, 4.69) is 20.2 Å². The zero-order valence-corrected chi connectivity index (χ0v) is 18.4. The van der Waals surface area contributed by atoms with E-state index in [1.54, 1.807) is 10.8 Å². The number of anilines is 1. The molecule has 168 valence electrons. The SMILES string of the molecule is Cc1cccc(NC(=O)n2ccc3cc(Oc4ncnc5c4CCN(CCO)C5)ccc32)c1. The molecule has 3 heterocycles. The summed E-state index contributed by atoms with van der Waals surface area (Å²) in [5, 5.41) is 13.0. The maximum Gasteiger partial charge on any atom is 0.330 e. The normalized spacial score (nSPS) is 13.6. The first kappa shape index (κ1) is 21.1. The molecule has 5 rings (SSSR count). The molecule has 4 aromatic rings. The molecule has 33 heavy (non-hydrogen) atoms. The van der Waals surface area contributed by atoms with Crippen molar-refractivity contribution in [1.29, 1.82) is 0 Å². The van der Waals surface area contributed by atoms with E-state index in [1.165, 1.54) is 6.33 Å². The molecule has 0 spiro atoms. The van der Waals surface area contributed by atoms with Gasteiger partial charge in [-0.25, -0.2) is 14.8 Å². The zero-order chi connectivity index (χ0) is 22.8. The Hall–Kier alpha value is -3.75. The second kappa shape index (κ2) is 9.01. The van der Waals surface area contributed by atoms with Gasteiger partial charge in [-0.15, -0.1) is 0 Å². The lowest BCUT2D eigenvalue weighted by Crippen LogP contribution is -2.33. The standard InChI is InChI=1S/C25H25N5O3/c1-17-3-2-4-19(13-17)28-25(32)30-10-7-18-14-20(5-6-23(18)30)33-24-21-8-9-29(11-12-31)15-22(21)26-16-27-24/h2-7,10,13-14,16,31H,8-9,11-12,15H2,1H3,(H,28,32). The van der Waals surface area contributed by atoms with Crippen molar-refractivity contribution in [2.75, 3.05) is 25.0 Å². The molecule has 0 saturated carbocycles. The van der Waals surface area contributed by atoms with E-state index >= 15 is 0 Å². The summed E-state index contributed by atoms with van der Waals surface area (Å²) in [7, 11) is 0. The van der Waals surface area contributed by atoms with Gasteiger partial charge in [0.2, 0.25) is 5.88 Å². The minimum absolute atomic E-state index is 0.131. The number of amides is 1. The fraction of sp³-hybridized carbons (Fsp3) is 0.240. The van der Waals surface area contributed by atoms with E-state index in [4.69, 9.17) is 4.74 Å². The third kappa shape index (κ3) is 4.44. The predicted octanol–water partition coefficient (Wildman–Crippen LogP) is 3.96. The Kier molecular flexibility index (Phi) is 5.77. The van der Waals surface area contributed by atoms with Gasteiger partial charge in [0.25, 0.3) is 0 Å². The van der Waals surface area contributed by atoms with Crippen molar-refractivity contribution < 1.29 is 14.6 Å². The number of benzene rings is 2. The van der Waals surface area contributed by atoms with Crippen LogP contribution in [0.15, 0.2) is 61.1 Å². The molecule has 2 aromatic heterocycles. The molecule has 8 nitrogen and oxygen atoms in total. The first-order valence-electron chi connectivity index (χ1n) is 10.9. The number of fused-ring (bicyclic) bond motifs is 2. The summed E-state index contributed by atoms with van der Waals surface area (Å²) >= 11 is 0. The largest absolute Gasteiger partial charge is 0.439 e. The van der Waals surface area contributed by atoms with E-state index in [1.807, 2.05) is 55.5 Å².